The fourth-order valence-corrected chi connectivity index (χ4v) is 1.55. The molecule has 5 nitrogen and oxygen atoms in total. The minimum atomic E-state index is 0.124. The van der Waals surface area contributed by atoms with Crippen LogP contribution in [0.15, 0.2) is 33.8 Å². The van der Waals surface area contributed by atoms with Crippen LogP contribution in [0.5, 0.6) is 0 Å². The second-order valence-electron chi connectivity index (χ2n) is 4.78. The number of hydrogen-bond donors (Lipinski definition) is 1. The minimum absolute atomic E-state index is 0.124. The molecule has 0 aliphatic rings. The summed E-state index contributed by atoms with van der Waals surface area (Å²) in [5, 5.41) is 13.1. The van der Waals surface area contributed by atoms with E-state index in [4.69, 9.17) is 9.68 Å². The zero-order valence-electron chi connectivity index (χ0n) is 11.7. The minimum Gasteiger partial charge on any atom is -0.422 e. The quantitative estimate of drug-likeness (QED) is 0.681. The lowest BCUT2D eigenvalue weighted by atomic mass is 10.2. The van der Waals surface area contributed by atoms with Crippen LogP contribution in [0.2, 0.25) is 0 Å². The number of benzene rings is 1. The number of aromatic nitrogens is 1. The summed E-state index contributed by atoms with van der Waals surface area (Å²) in [7, 11) is 0. The Morgan fingerprint density at radius 2 is 2.05 bits per heavy atom. The van der Waals surface area contributed by atoms with E-state index in [9.17, 15) is 0 Å². The van der Waals surface area contributed by atoms with E-state index in [0.717, 1.165) is 5.56 Å². The van der Waals surface area contributed by atoms with Crippen molar-refractivity contribution < 1.29 is 4.42 Å². The second-order valence-corrected chi connectivity index (χ2v) is 4.78. The van der Waals surface area contributed by atoms with E-state index in [1.54, 1.807) is 6.21 Å². The number of rotatable bonds is 4. The van der Waals surface area contributed by atoms with Gasteiger partial charge < -0.3 is 4.42 Å². The van der Waals surface area contributed by atoms with Crippen LogP contribution in [0.4, 0.5) is 5.88 Å². The molecule has 0 bridgehead atoms. The summed E-state index contributed by atoms with van der Waals surface area (Å²) in [6.07, 6.45) is 1.66. The molecule has 0 aliphatic carbocycles. The third-order valence-corrected chi connectivity index (χ3v) is 2.70. The number of aryl methyl sites for hydroxylation is 1. The third kappa shape index (κ3) is 3.23. The fourth-order valence-electron chi connectivity index (χ4n) is 1.55. The van der Waals surface area contributed by atoms with Crippen LogP contribution in [-0.2, 0) is 0 Å². The summed E-state index contributed by atoms with van der Waals surface area (Å²) >= 11 is 0. The Morgan fingerprint density at radius 1 is 1.35 bits per heavy atom. The van der Waals surface area contributed by atoms with Crippen LogP contribution >= 0.6 is 0 Å². The largest absolute Gasteiger partial charge is 0.422 e. The molecular weight excluding hydrogens is 252 g/mol. The van der Waals surface area contributed by atoms with Crippen molar-refractivity contribution in [2.75, 3.05) is 5.43 Å². The lowest BCUT2D eigenvalue weighted by Crippen LogP contribution is -1.91. The molecule has 1 heterocycles. The first-order valence-corrected chi connectivity index (χ1v) is 6.36. The smallest absolute Gasteiger partial charge is 0.252 e. The Morgan fingerprint density at radius 3 is 2.65 bits per heavy atom. The van der Waals surface area contributed by atoms with Gasteiger partial charge in [-0.3, -0.25) is 0 Å². The van der Waals surface area contributed by atoms with Crippen molar-refractivity contribution in [1.82, 2.24) is 4.98 Å². The van der Waals surface area contributed by atoms with Gasteiger partial charge in [0.15, 0.2) is 0 Å². The molecule has 1 aromatic heterocycles. The molecule has 0 unspecified atom stereocenters. The maximum Gasteiger partial charge on any atom is 0.252 e. The molecule has 1 N–H and O–H groups in total. The molecule has 20 heavy (non-hydrogen) atoms. The summed E-state index contributed by atoms with van der Waals surface area (Å²) in [5.41, 5.74) is 5.09. The maximum atomic E-state index is 9.00. The summed E-state index contributed by atoms with van der Waals surface area (Å²) in [5.74, 6) is 0.924. The first kappa shape index (κ1) is 13.8. The fraction of sp³-hybridized carbons (Fsp3) is 0.267. The molecule has 5 heteroatoms. The van der Waals surface area contributed by atoms with Crippen molar-refractivity contribution >= 4 is 12.1 Å². The highest BCUT2D eigenvalue weighted by atomic mass is 16.4. The highest BCUT2D eigenvalue weighted by Crippen LogP contribution is 2.21. The Labute approximate surface area is 118 Å². The molecule has 102 valence electrons. The van der Waals surface area contributed by atoms with E-state index >= 15 is 0 Å². The molecule has 0 saturated heterocycles. The monoisotopic (exact) mass is 268 g/mol. The van der Waals surface area contributed by atoms with E-state index in [-0.39, 0.29) is 17.5 Å². The number of hydrogen-bond acceptors (Lipinski definition) is 5. The normalized spacial score (nSPS) is 10.9. The topological polar surface area (TPSA) is 74.2 Å². The van der Waals surface area contributed by atoms with E-state index in [1.807, 2.05) is 51.1 Å². The van der Waals surface area contributed by atoms with Crippen molar-refractivity contribution in [2.45, 2.75) is 26.7 Å². The van der Waals surface area contributed by atoms with Gasteiger partial charge in [-0.25, -0.2) is 10.4 Å². The standard InChI is InChI=1S/C15H16N4O/c1-10(2)14-18-13(8-16)15(20-14)19-17-9-12-6-4-11(3)5-7-12/h4-7,9-10,19H,1-3H3/b17-9+. The van der Waals surface area contributed by atoms with Gasteiger partial charge in [-0.05, 0) is 12.5 Å². The molecule has 0 saturated carbocycles. The zero-order valence-corrected chi connectivity index (χ0v) is 11.7. The van der Waals surface area contributed by atoms with Gasteiger partial charge in [0.25, 0.3) is 5.88 Å². The van der Waals surface area contributed by atoms with Crippen LogP contribution in [0.3, 0.4) is 0 Å². The van der Waals surface area contributed by atoms with Crippen LogP contribution in [0.25, 0.3) is 0 Å². The SMILES string of the molecule is Cc1ccc(/C=N/Nc2oc(C(C)C)nc2C#N)cc1. The average Bonchev–Trinajstić information content (AvgIpc) is 2.84. The highest BCUT2D eigenvalue weighted by Gasteiger charge is 2.14. The van der Waals surface area contributed by atoms with Gasteiger partial charge in [-0.15, -0.1) is 0 Å². The average molecular weight is 268 g/mol. The van der Waals surface area contributed by atoms with E-state index in [0.29, 0.717) is 5.89 Å². The number of nitriles is 1. The number of oxazole rings is 1. The Hall–Kier alpha value is -2.61. The molecule has 0 radical (unpaired) electrons. The second kappa shape index (κ2) is 6.02. The summed E-state index contributed by atoms with van der Waals surface area (Å²) in [6.45, 7) is 5.93. The zero-order chi connectivity index (χ0) is 14.5. The number of anilines is 1. The van der Waals surface area contributed by atoms with E-state index < -0.39 is 0 Å². The van der Waals surface area contributed by atoms with Crippen molar-refractivity contribution in [1.29, 1.82) is 5.26 Å². The first-order valence-electron chi connectivity index (χ1n) is 6.36. The maximum absolute atomic E-state index is 9.00. The Kier molecular flexibility index (Phi) is 4.16. The van der Waals surface area contributed by atoms with Gasteiger partial charge in [0, 0.05) is 5.92 Å². The molecule has 0 amide bonds. The predicted octanol–water partition coefficient (Wildman–Crippen LogP) is 3.42. The van der Waals surface area contributed by atoms with Crippen LogP contribution in [0, 0.1) is 18.3 Å². The predicted molar refractivity (Wildman–Crippen MR) is 77.7 cm³/mol. The highest BCUT2D eigenvalue weighted by molar-refractivity contribution is 5.80. The van der Waals surface area contributed by atoms with Crippen LogP contribution in [0.1, 0.15) is 42.5 Å². The van der Waals surface area contributed by atoms with Gasteiger partial charge in [-0.2, -0.15) is 10.4 Å². The molecule has 0 fully saturated rings. The number of nitrogens with zero attached hydrogens (tertiary/aromatic N) is 3. The van der Waals surface area contributed by atoms with E-state index in [2.05, 4.69) is 15.5 Å². The van der Waals surface area contributed by atoms with Crippen molar-refractivity contribution in [2.24, 2.45) is 5.10 Å². The van der Waals surface area contributed by atoms with Gasteiger partial charge in [0.1, 0.15) is 6.07 Å². The summed E-state index contributed by atoms with van der Waals surface area (Å²) in [6, 6.07) is 9.93. The molecule has 2 aromatic rings. The molecule has 0 aliphatic heterocycles. The molecule has 2 rings (SSSR count). The Balaban J connectivity index is 2.10. The number of nitrogens with one attached hydrogen (secondary N) is 1. The van der Waals surface area contributed by atoms with Gasteiger partial charge in [-0.1, -0.05) is 43.7 Å². The van der Waals surface area contributed by atoms with Gasteiger partial charge in [0.05, 0.1) is 6.21 Å². The molecule has 1 aromatic carbocycles. The molecular formula is C15H16N4O. The van der Waals surface area contributed by atoms with Gasteiger partial charge in [0.2, 0.25) is 11.6 Å². The van der Waals surface area contributed by atoms with Crippen molar-refractivity contribution in [3.63, 3.8) is 0 Å². The molecule has 0 atom stereocenters. The van der Waals surface area contributed by atoms with Gasteiger partial charge >= 0.3 is 0 Å². The lowest BCUT2D eigenvalue weighted by molar-refractivity contribution is 0.481. The first-order chi connectivity index (χ1) is 9.60. The summed E-state index contributed by atoms with van der Waals surface area (Å²) in [4.78, 5) is 4.10. The molecule has 0 spiro atoms. The lowest BCUT2D eigenvalue weighted by Gasteiger charge is -1.97. The van der Waals surface area contributed by atoms with E-state index in [1.165, 1.54) is 5.56 Å². The summed E-state index contributed by atoms with van der Waals surface area (Å²) < 4.78 is 5.47. The Bertz CT molecular complexity index is 648. The third-order valence-electron chi connectivity index (χ3n) is 2.70. The number of hydrazone groups is 1. The van der Waals surface area contributed by atoms with Crippen LogP contribution in [-0.4, -0.2) is 11.2 Å². The van der Waals surface area contributed by atoms with Crippen molar-refractivity contribution in [3.05, 3.63) is 47.0 Å². The van der Waals surface area contributed by atoms with Crippen molar-refractivity contribution in [3.8, 4) is 6.07 Å². The van der Waals surface area contributed by atoms with Crippen LogP contribution < -0.4 is 5.43 Å².